The van der Waals surface area contributed by atoms with Gasteiger partial charge in [0.25, 0.3) is 0 Å². The molecule has 4 heteroatoms. The topological polar surface area (TPSA) is 18.5 Å². The molecule has 0 N–H and O–H groups in total. The Hall–Kier alpha value is -1.26. The monoisotopic (exact) mass is 336 g/mol. The summed E-state index contributed by atoms with van der Waals surface area (Å²) < 4.78 is 38.3. The van der Waals surface area contributed by atoms with Gasteiger partial charge in [0.05, 0.1) is 13.2 Å². The minimum Gasteiger partial charge on any atom is -0.352 e. The zero-order valence-corrected chi connectivity index (χ0v) is 14.2. The van der Waals surface area contributed by atoms with Crippen molar-refractivity contribution < 1.29 is 18.3 Å². The van der Waals surface area contributed by atoms with Crippen molar-refractivity contribution in [1.82, 2.24) is 0 Å². The van der Waals surface area contributed by atoms with Crippen molar-refractivity contribution in [2.24, 2.45) is 11.8 Å². The lowest BCUT2D eigenvalue weighted by molar-refractivity contribution is -0.228. The van der Waals surface area contributed by atoms with Crippen LogP contribution in [0, 0.1) is 23.5 Å². The summed E-state index contributed by atoms with van der Waals surface area (Å²) >= 11 is 0. The zero-order valence-electron chi connectivity index (χ0n) is 14.2. The number of hydrogen-bond acceptors (Lipinski definition) is 2. The van der Waals surface area contributed by atoms with Crippen LogP contribution in [0.2, 0.25) is 0 Å². The summed E-state index contributed by atoms with van der Waals surface area (Å²) in [6.45, 7) is 3.55. The Morgan fingerprint density at radius 2 is 1.75 bits per heavy atom. The van der Waals surface area contributed by atoms with E-state index in [1.165, 1.54) is 12.1 Å². The van der Waals surface area contributed by atoms with Crippen molar-refractivity contribution in [2.45, 2.75) is 51.2 Å². The van der Waals surface area contributed by atoms with E-state index in [1.54, 1.807) is 6.07 Å². The minimum atomic E-state index is -0.774. The molecule has 2 nitrogen and oxygen atoms in total. The van der Waals surface area contributed by atoms with Gasteiger partial charge >= 0.3 is 0 Å². The van der Waals surface area contributed by atoms with E-state index in [2.05, 4.69) is 12.2 Å². The average molecular weight is 336 g/mol. The van der Waals surface area contributed by atoms with Crippen LogP contribution in [0.25, 0.3) is 0 Å². The van der Waals surface area contributed by atoms with E-state index in [4.69, 9.17) is 9.47 Å². The second-order valence-electron chi connectivity index (χ2n) is 6.99. The molecule has 0 radical (unpaired) electrons. The SMILES string of the molecule is C/C=C/CC1COC(C2CCC(c3ccc(F)c(F)c3)CC2)OC1. The molecule has 0 atom stereocenters. The predicted molar refractivity (Wildman–Crippen MR) is 89.7 cm³/mol. The van der Waals surface area contributed by atoms with Crippen LogP contribution in [0.4, 0.5) is 8.78 Å². The van der Waals surface area contributed by atoms with Crippen LogP contribution in [0.5, 0.6) is 0 Å². The van der Waals surface area contributed by atoms with Crippen LogP contribution in [0.15, 0.2) is 30.4 Å². The van der Waals surface area contributed by atoms with Gasteiger partial charge in [-0.2, -0.15) is 0 Å². The highest BCUT2D eigenvalue weighted by Gasteiger charge is 2.32. The lowest BCUT2D eigenvalue weighted by Gasteiger charge is -2.37. The van der Waals surface area contributed by atoms with E-state index in [0.29, 0.717) is 17.8 Å². The lowest BCUT2D eigenvalue weighted by atomic mass is 9.78. The summed E-state index contributed by atoms with van der Waals surface area (Å²) in [4.78, 5) is 0. The normalized spacial score (nSPS) is 31.5. The third-order valence-electron chi connectivity index (χ3n) is 5.27. The Bertz CT molecular complexity index is 557. The molecule has 1 saturated carbocycles. The smallest absolute Gasteiger partial charge is 0.160 e. The fourth-order valence-corrected chi connectivity index (χ4v) is 3.79. The molecule has 0 bridgehead atoms. The molecule has 1 aliphatic carbocycles. The van der Waals surface area contributed by atoms with Gasteiger partial charge in [0, 0.05) is 11.8 Å². The summed E-state index contributed by atoms with van der Waals surface area (Å²) in [6.07, 6.45) is 9.09. The van der Waals surface area contributed by atoms with E-state index in [1.807, 2.05) is 6.92 Å². The third-order valence-corrected chi connectivity index (χ3v) is 5.27. The molecule has 1 aromatic rings. The second-order valence-corrected chi connectivity index (χ2v) is 6.99. The van der Waals surface area contributed by atoms with Gasteiger partial charge < -0.3 is 9.47 Å². The zero-order chi connectivity index (χ0) is 16.9. The summed E-state index contributed by atoms with van der Waals surface area (Å²) in [5.74, 6) is -0.350. The molecule has 1 aliphatic heterocycles. The molecular weight excluding hydrogens is 310 g/mol. The maximum atomic E-state index is 13.4. The molecule has 24 heavy (non-hydrogen) atoms. The van der Waals surface area contributed by atoms with Crippen LogP contribution >= 0.6 is 0 Å². The number of rotatable bonds is 4. The molecule has 1 aromatic carbocycles. The Morgan fingerprint density at radius 1 is 1.04 bits per heavy atom. The van der Waals surface area contributed by atoms with E-state index in [-0.39, 0.29) is 6.29 Å². The van der Waals surface area contributed by atoms with Gasteiger partial charge in [0.15, 0.2) is 17.9 Å². The van der Waals surface area contributed by atoms with Gasteiger partial charge in [-0.1, -0.05) is 18.2 Å². The highest BCUT2D eigenvalue weighted by Crippen LogP contribution is 2.39. The molecule has 1 heterocycles. The fraction of sp³-hybridized carbons (Fsp3) is 0.600. The molecule has 1 saturated heterocycles. The minimum absolute atomic E-state index is 0.0993. The molecule has 0 amide bonds. The van der Waals surface area contributed by atoms with Gasteiger partial charge in [0.2, 0.25) is 0 Å². The summed E-state index contributed by atoms with van der Waals surface area (Å²) in [6, 6.07) is 4.29. The van der Waals surface area contributed by atoms with Crippen molar-refractivity contribution in [2.75, 3.05) is 13.2 Å². The van der Waals surface area contributed by atoms with E-state index >= 15 is 0 Å². The van der Waals surface area contributed by atoms with Gasteiger partial charge in [-0.05, 0) is 62.6 Å². The first-order valence-electron chi connectivity index (χ1n) is 8.96. The van der Waals surface area contributed by atoms with E-state index in [0.717, 1.165) is 50.9 Å². The third kappa shape index (κ3) is 4.22. The van der Waals surface area contributed by atoms with Gasteiger partial charge in [0.1, 0.15) is 0 Å². The quantitative estimate of drug-likeness (QED) is 0.704. The highest BCUT2D eigenvalue weighted by molar-refractivity contribution is 5.22. The number of allylic oxidation sites excluding steroid dienone is 2. The lowest BCUT2D eigenvalue weighted by Crippen LogP contribution is -2.38. The first kappa shape index (κ1) is 17.6. The summed E-state index contributed by atoms with van der Waals surface area (Å²) in [5, 5.41) is 0. The maximum Gasteiger partial charge on any atom is 0.160 e. The first-order valence-corrected chi connectivity index (χ1v) is 8.96. The fourth-order valence-electron chi connectivity index (χ4n) is 3.79. The summed E-state index contributed by atoms with van der Waals surface area (Å²) in [7, 11) is 0. The van der Waals surface area contributed by atoms with Crippen molar-refractivity contribution in [3.05, 3.63) is 47.5 Å². The Kier molecular flexibility index (Phi) is 6.01. The maximum absolute atomic E-state index is 13.4. The number of halogens is 2. The van der Waals surface area contributed by atoms with Gasteiger partial charge in [-0.15, -0.1) is 0 Å². The van der Waals surface area contributed by atoms with Gasteiger partial charge in [-0.3, -0.25) is 0 Å². The van der Waals surface area contributed by atoms with Crippen LogP contribution < -0.4 is 0 Å². The van der Waals surface area contributed by atoms with Crippen LogP contribution in [0.3, 0.4) is 0 Å². The molecule has 0 unspecified atom stereocenters. The van der Waals surface area contributed by atoms with Crippen LogP contribution in [0.1, 0.15) is 50.5 Å². The Balaban J connectivity index is 1.48. The van der Waals surface area contributed by atoms with Crippen LogP contribution in [-0.4, -0.2) is 19.5 Å². The average Bonchev–Trinajstić information content (AvgIpc) is 2.63. The molecule has 0 spiro atoms. The number of benzene rings is 1. The summed E-state index contributed by atoms with van der Waals surface area (Å²) in [5.41, 5.74) is 0.907. The molecule has 3 rings (SSSR count). The van der Waals surface area contributed by atoms with Crippen molar-refractivity contribution in [3.8, 4) is 0 Å². The molecule has 132 valence electrons. The first-order chi connectivity index (χ1) is 11.7. The Labute approximate surface area is 142 Å². The van der Waals surface area contributed by atoms with Crippen LogP contribution in [-0.2, 0) is 9.47 Å². The molecular formula is C20H26F2O2. The number of ether oxygens (including phenoxy) is 2. The second kappa shape index (κ2) is 8.21. The number of hydrogen-bond donors (Lipinski definition) is 0. The largest absolute Gasteiger partial charge is 0.352 e. The van der Waals surface area contributed by atoms with E-state index in [9.17, 15) is 8.78 Å². The molecule has 2 fully saturated rings. The molecule has 2 aliphatic rings. The molecule has 0 aromatic heterocycles. The van der Waals surface area contributed by atoms with Crippen molar-refractivity contribution >= 4 is 0 Å². The highest BCUT2D eigenvalue weighted by atomic mass is 19.2. The van der Waals surface area contributed by atoms with Crippen molar-refractivity contribution in [1.29, 1.82) is 0 Å². The van der Waals surface area contributed by atoms with Gasteiger partial charge in [-0.25, -0.2) is 8.78 Å². The van der Waals surface area contributed by atoms with E-state index < -0.39 is 11.6 Å². The predicted octanol–water partition coefficient (Wildman–Crippen LogP) is 5.19. The Morgan fingerprint density at radius 3 is 2.38 bits per heavy atom. The standard InChI is InChI=1S/C20H26F2O2/c1-2-3-4-14-12-23-20(24-13-14)16-7-5-15(6-8-16)17-9-10-18(21)19(22)11-17/h2-3,9-11,14-16,20H,4-8,12-13H2,1H3/b3-2+. The van der Waals surface area contributed by atoms with Crippen molar-refractivity contribution in [3.63, 3.8) is 0 Å².